The summed E-state index contributed by atoms with van der Waals surface area (Å²) in [4.78, 5) is 20.1. The molecule has 2 aromatic heterocycles. The van der Waals surface area contributed by atoms with Gasteiger partial charge in [0.25, 0.3) is 5.91 Å². The maximum absolute atomic E-state index is 12.8. The van der Waals surface area contributed by atoms with Gasteiger partial charge in [-0.2, -0.15) is 0 Å². The molecule has 0 unspecified atom stereocenters. The number of carbonyl (C=O) groups excluding carboxylic acids is 1. The van der Waals surface area contributed by atoms with E-state index in [0.717, 1.165) is 11.3 Å². The van der Waals surface area contributed by atoms with Crippen molar-refractivity contribution in [3.8, 4) is 23.1 Å². The molecule has 2 aromatic carbocycles. The van der Waals surface area contributed by atoms with Gasteiger partial charge in [-0.3, -0.25) is 9.36 Å². The van der Waals surface area contributed by atoms with E-state index in [4.69, 9.17) is 21.7 Å². The Bertz CT molecular complexity index is 1250. The molecule has 0 saturated carbocycles. The Hall–Kier alpha value is -3.91. The minimum absolute atomic E-state index is 0.243. The molecule has 2 N–H and O–H groups in total. The van der Waals surface area contributed by atoms with Gasteiger partial charge in [-0.15, -0.1) is 0 Å². The number of carbonyl (C=O) groups is 1. The SMILES string of the molecule is CCOc1ccccc1Oc1ccc(CNC(=O)c2c[nH]c(=S)n2-c2ccccc2)cn1. The lowest BCUT2D eigenvalue weighted by atomic mass is 10.2. The summed E-state index contributed by atoms with van der Waals surface area (Å²) in [6, 6.07) is 20.5. The van der Waals surface area contributed by atoms with Gasteiger partial charge in [0.15, 0.2) is 16.3 Å². The summed E-state index contributed by atoms with van der Waals surface area (Å²) in [5.41, 5.74) is 2.09. The molecule has 0 aliphatic rings. The van der Waals surface area contributed by atoms with Gasteiger partial charge in [-0.25, -0.2) is 4.98 Å². The maximum atomic E-state index is 12.8. The summed E-state index contributed by atoms with van der Waals surface area (Å²) in [6.07, 6.45) is 3.27. The zero-order valence-corrected chi connectivity index (χ0v) is 18.3. The second kappa shape index (κ2) is 9.93. The summed E-state index contributed by atoms with van der Waals surface area (Å²) in [7, 11) is 0. The van der Waals surface area contributed by atoms with Crippen LogP contribution in [0.3, 0.4) is 0 Å². The smallest absolute Gasteiger partial charge is 0.270 e. The number of H-pyrrole nitrogens is 1. The van der Waals surface area contributed by atoms with E-state index >= 15 is 0 Å². The molecule has 0 bridgehead atoms. The first-order valence-electron chi connectivity index (χ1n) is 10.1. The minimum Gasteiger partial charge on any atom is -0.490 e. The number of aromatic amines is 1. The van der Waals surface area contributed by atoms with Crippen molar-refractivity contribution in [2.75, 3.05) is 6.61 Å². The van der Waals surface area contributed by atoms with E-state index in [0.29, 0.717) is 41.0 Å². The highest BCUT2D eigenvalue weighted by atomic mass is 32.1. The van der Waals surface area contributed by atoms with E-state index in [2.05, 4.69) is 15.3 Å². The van der Waals surface area contributed by atoms with Crippen molar-refractivity contribution in [1.82, 2.24) is 19.9 Å². The van der Waals surface area contributed by atoms with Crippen molar-refractivity contribution in [3.63, 3.8) is 0 Å². The molecule has 32 heavy (non-hydrogen) atoms. The van der Waals surface area contributed by atoms with Gasteiger partial charge < -0.3 is 19.8 Å². The summed E-state index contributed by atoms with van der Waals surface area (Å²) < 4.78 is 13.6. The molecule has 0 aliphatic heterocycles. The van der Waals surface area contributed by atoms with Crippen LogP contribution in [0.15, 0.2) is 79.1 Å². The van der Waals surface area contributed by atoms with Crippen molar-refractivity contribution in [2.45, 2.75) is 13.5 Å². The van der Waals surface area contributed by atoms with Crippen LogP contribution in [0.4, 0.5) is 0 Å². The number of nitrogens with zero attached hydrogens (tertiary/aromatic N) is 2. The number of imidazole rings is 1. The largest absolute Gasteiger partial charge is 0.490 e. The fraction of sp³-hybridized carbons (Fsp3) is 0.125. The van der Waals surface area contributed by atoms with Crippen LogP contribution in [0.5, 0.6) is 17.4 Å². The maximum Gasteiger partial charge on any atom is 0.270 e. The van der Waals surface area contributed by atoms with Crippen LogP contribution < -0.4 is 14.8 Å². The molecule has 0 fully saturated rings. The number of aromatic nitrogens is 3. The number of benzene rings is 2. The Morgan fingerprint density at radius 3 is 2.53 bits per heavy atom. The normalized spacial score (nSPS) is 10.5. The fourth-order valence-electron chi connectivity index (χ4n) is 3.14. The van der Waals surface area contributed by atoms with Crippen LogP contribution >= 0.6 is 12.2 Å². The van der Waals surface area contributed by atoms with E-state index in [9.17, 15) is 4.79 Å². The number of amides is 1. The van der Waals surface area contributed by atoms with Crippen molar-refractivity contribution >= 4 is 18.1 Å². The zero-order chi connectivity index (χ0) is 22.3. The monoisotopic (exact) mass is 446 g/mol. The molecule has 2 heterocycles. The first-order chi connectivity index (χ1) is 15.7. The second-order valence-corrected chi connectivity index (χ2v) is 7.21. The molecular formula is C24H22N4O3S. The van der Waals surface area contributed by atoms with Crippen molar-refractivity contribution < 1.29 is 14.3 Å². The molecule has 0 atom stereocenters. The van der Waals surface area contributed by atoms with Gasteiger partial charge in [0.2, 0.25) is 5.88 Å². The highest BCUT2D eigenvalue weighted by molar-refractivity contribution is 7.71. The van der Waals surface area contributed by atoms with Gasteiger partial charge >= 0.3 is 0 Å². The summed E-state index contributed by atoms with van der Waals surface area (Å²) in [5, 5.41) is 2.91. The number of nitrogens with one attached hydrogen (secondary N) is 2. The summed E-state index contributed by atoms with van der Waals surface area (Å²) in [6.45, 7) is 2.78. The molecule has 0 saturated heterocycles. The molecule has 8 heteroatoms. The van der Waals surface area contributed by atoms with Crippen molar-refractivity contribution in [2.24, 2.45) is 0 Å². The Balaban J connectivity index is 1.41. The van der Waals surface area contributed by atoms with Crippen LogP contribution in [0.2, 0.25) is 0 Å². The number of hydrogen-bond acceptors (Lipinski definition) is 5. The average Bonchev–Trinajstić information content (AvgIpc) is 3.22. The number of pyridine rings is 1. The molecule has 7 nitrogen and oxygen atoms in total. The first kappa shape index (κ1) is 21.3. The standard InChI is InChI=1S/C24H22N4O3S/c1-2-30-20-10-6-7-11-21(20)31-22-13-12-17(14-25-22)15-26-23(29)19-16-27-24(32)28(19)18-8-4-3-5-9-18/h3-14,16H,2,15H2,1H3,(H,26,29)(H,27,32). The number of para-hydroxylation sites is 3. The second-order valence-electron chi connectivity index (χ2n) is 6.82. The van der Waals surface area contributed by atoms with Gasteiger partial charge in [0.1, 0.15) is 5.69 Å². The van der Waals surface area contributed by atoms with Gasteiger partial charge in [-0.1, -0.05) is 36.4 Å². The van der Waals surface area contributed by atoms with Crippen molar-refractivity contribution in [1.29, 1.82) is 0 Å². The summed E-state index contributed by atoms with van der Waals surface area (Å²) in [5.74, 6) is 1.45. The molecule has 0 spiro atoms. The highest BCUT2D eigenvalue weighted by Crippen LogP contribution is 2.30. The molecule has 4 aromatic rings. The Morgan fingerprint density at radius 1 is 1.06 bits per heavy atom. The van der Waals surface area contributed by atoms with Crippen LogP contribution in [-0.2, 0) is 6.54 Å². The highest BCUT2D eigenvalue weighted by Gasteiger charge is 2.14. The lowest BCUT2D eigenvalue weighted by molar-refractivity contribution is 0.0944. The van der Waals surface area contributed by atoms with Gasteiger partial charge in [0, 0.05) is 30.7 Å². The van der Waals surface area contributed by atoms with Gasteiger partial charge in [0.05, 0.1) is 6.61 Å². The summed E-state index contributed by atoms with van der Waals surface area (Å²) >= 11 is 5.34. The molecule has 0 aliphatic carbocycles. The fourth-order valence-corrected chi connectivity index (χ4v) is 3.40. The van der Waals surface area contributed by atoms with Crippen molar-refractivity contribution in [3.05, 3.63) is 95.2 Å². The molecule has 1 amide bonds. The zero-order valence-electron chi connectivity index (χ0n) is 17.4. The van der Waals surface area contributed by atoms with E-state index in [-0.39, 0.29) is 5.91 Å². The predicted octanol–water partition coefficient (Wildman–Crippen LogP) is 5.05. The van der Waals surface area contributed by atoms with Crippen LogP contribution in [-0.4, -0.2) is 27.0 Å². The van der Waals surface area contributed by atoms with E-state index in [1.807, 2.05) is 67.6 Å². The topological polar surface area (TPSA) is 81.2 Å². The van der Waals surface area contributed by atoms with E-state index < -0.39 is 0 Å². The van der Waals surface area contributed by atoms with E-state index in [1.54, 1.807) is 23.0 Å². The molecule has 162 valence electrons. The molecular weight excluding hydrogens is 424 g/mol. The van der Waals surface area contributed by atoms with Gasteiger partial charge in [-0.05, 0) is 49.0 Å². The first-order valence-corrected chi connectivity index (χ1v) is 10.5. The predicted molar refractivity (Wildman–Crippen MR) is 124 cm³/mol. The lowest BCUT2D eigenvalue weighted by Gasteiger charge is -2.11. The van der Waals surface area contributed by atoms with Crippen LogP contribution in [0, 0.1) is 4.77 Å². The third-order valence-corrected chi connectivity index (χ3v) is 4.94. The average molecular weight is 447 g/mol. The number of ether oxygens (including phenoxy) is 2. The number of rotatable bonds is 8. The third kappa shape index (κ3) is 4.87. The Labute approximate surface area is 190 Å². The van der Waals surface area contributed by atoms with Crippen LogP contribution in [0.25, 0.3) is 5.69 Å². The quantitative estimate of drug-likeness (QED) is 0.370. The molecule has 4 rings (SSSR count). The lowest BCUT2D eigenvalue weighted by Crippen LogP contribution is -2.25. The van der Waals surface area contributed by atoms with E-state index in [1.165, 1.54) is 0 Å². The Kier molecular flexibility index (Phi) is 6.62. The third-order valence-electron chi connectivity index (χ3n) is 4.64. The molecule has 0 radical (unpaired) electrons. The van der Waals surface area contributed by atoms with Crippen LogP contribution in [0.1, 0.15) is 23.0 Å². The minimum atomic E-state index is -0.243. The number of hydrogen-bond donors (Lipinski definition) is 2. The Morgan fingerprint density at radius 2 is 1.81 bits per heavy atom.